The van der Waals surface area contributed by atoms with Crippen molar-refractivity contribution in [3.63, 3.8) is 0 Å². The highest BCUT2D eigenvalue weighted by Gasteiger charge is 2.40. The molecule has 2 atom stereocenters. The smallest absolute Gasteiger partial charge is 0.416 e. The van der Waals surface area contributed by atoms with Crippen LogP contribution in [0.1, 0.15) is 27.9 Å². The third-order valence-corrected chi connectivity index (χ3v) is 4.11. The molecule has 0 bridgehead atoms. The number of carbonyl (C=O) groups excluding carboxylic acids is 4. The molecule has 1 aromatic rings. The van der Waals surface area contributed by atoms with Crippen LogP contribution in [0.25, 0.3) is 0 Å². The summed E-state index contributed by atoms with van der Waals surface area (Å²) in [6.07, 6.45) is -11.3. The molecule has 1 N–H and O–H groups in total. The van der Waals surface area contributed by atoms with Gasteiger partial charge in [0.15, 0.2) is 0 Å². The first-order chi connectivity index (χ1) is 14.6. The van der Waals surface area contributed by atoms with Crippen molar-refractivity contribution in [1.82, 2.24) is 5.32 Å². The Morgan fingerprint density at radius 3 is 1.66 bits per heavy atom. The van der Waals surface area contributed by atoms with Gasteiger partial charge in [-0.05, 0) is 18.2 Å². The Hall–Kier alpha value is -3.32. The van der Waals surface area contributed by atoms with E-state index in [0.717, 1.165) is 21.3 Å². The maximum atomic E-state index is 13.0. The van der Waals surface area contributed by atoms with Crippen LogP contribution in [0.15, 0.2) is 18.2 Å². The maximum absolute atomic E-state index is 13.0. The summed E-state index contributed by atoms with van der Waals surface area (Å²) in [4.78, 5) is 48.2. The van der Waals surface area contributed by atoms with Gasteiger partial charge in [-0.1, -0.05) is 0 Å². The third-order valence-electron chi connectivity index (χ3n) is 4.11. The van der Waals surface area contributed by atoms with Crippen LogP contribution in [0.4, 0.5) is 26.3 Å². The van der Waals surface area contributed by atoms with Crippen molar-refractivity contribution in [2.24, 2.45) is 5.92 Å². The number of esters is 3. The molecule has 1 aromatic carbocycles. The molecule has 0 aliphatic rings. The normalized spacial score (nSPS) is 13.5. The van der Waals surface area contributed by atoms with Gasteiger partial charge in [0.1, 0.15) is 6.04 Å². The summed E-state index contributed by atoms with van der Waals surface area (Å²) in [6.45, 7) is 0. The number of nitrogens with one attached hydrogen (secondary N) is 1. The zero-order valence-corrected chi connectivity index (χ0v) is 16.7. The number of benzene rings is 1. The molecule has 0 heterocycles. The first-order valence-electron chi connectivity index (χ1n) is 8.48. The van der Waals surface area contributed by atoms with Crippen molar-refractivity contribution in [3.8, 4) is 0 Å². The highest BCUT2D eigenvalue weighted by Crippen LogP contribution is 2.36. The van der Waals surface area contributed by atoms with Crippen molar-refractivity contribution >= 4 is 23.8 Å². The van der Waals surface area contributed by atoms with E-state index in [2.05, 4.69) is 14.2 Å². The summed E-state index contributed by atoms with van der Waals surface area (Å²) >= 11 is 0. The molecular formula is C18H17F6NO7. The molecule has 14 heteroatoms. The predicted octanol–water partition coefficient (Wildman–Crippen LogP) is 2.35. The van der Waals surface area contributed by atoms with Crippen LogP contribution in [-0.4, -0.2) is 51.2 Å². The Morgan fingerprint density at radius 2 is 1.28 bits per heavy atom. The number of ether oxygens (including phenoxy) is 3. The minimum absolute atomic E-state index is 0.131. The van der Waals surface area contributed by atoms with Crippen LogP contribution >= 0.6 is 0 Å². The fourth-order valence-corrected chi connectivity index (χ4v) is 2.51. The molecule has 1 amide bonds. The topological polar surface area (TPSA) is 108 Å². The molecular weight excluding hydrogens is 456 g/mol. The Labute approximate surface area is 176 Å². The number of rotatable bonds is 7. The number of amides is 1. The molecule has 32 heavy (non-hydrogen) atoms. The van der Waals surface area contributed by atoms with E-state index in [-0.39, 0.29) is 18.2 Å². The van der Waals surface area contributed by atoms with Crippen LogP contribution in [-0.2, 0) is 40.9 Å². The van der Waals surface area contributed by atoms with E-state index in [9.17, 15) is 45.5 Å². The van der Waals surface area contributed by atoms with Gasteiger partial charge in [-0.3, -0.25) is 14.4 Å². The van der Waals surface area contributed by atoms with Crippen LogP contribution in [0.2, 0.25) is 0 Å². The third kappa shape index (κ3) is 6.85. The van der Waals surface area contributed by atoms with E-state index in [1.54, 1.807) is 0 Å². The van der Waals surface area contributed by atoms with Crippen molar-refractivity contribution in [3.05, 3.63) is 34.9 Å². The first-order valence-corrected chi connectivity index (χ1v) is 8.48. The second-order valence-corrected chi connectivity index (χ2v) is 6.18. The van der Waals surface area contributed by atoms with Crippen LogP contribution < -0.4 is 5.32 Å². The average molecular weight is 473 g/mol. The standard InChI is InChI=1S/C18H17F6NO7/c1-30-12(26)7-11(15(28)31-2)13(16(29)32-3)25-14(27)8-4-9(17(19,20)21)6-10(5-8)18(22,23)24/h4-6,11,13H,7H2,1-3H3,(H,25,27)/t11-,13+/m1/s1. The number of halogens is 6. The monoisotopic (exact) mass is 473 g/mol. The largest absolute Gasteiger partial charge is 0.469 e. The number of hydrogen-bond donors (Lipinski definition) is 1. The highest BCUT2D eigenvalue weighted by molar-refractivity contribution is 5.98. The van der Waals surface area contributed by atoms with Gasteiger partial charge >= 0.3 is 30.3 Å². The van der Waals surface area contributed by atoms with Crippen LogP contribution in [0.5, 0.6) is 0 Å². The van der Waals surface area contributed by atoms with E-state index in [4.69, 9.17) is 0 Å². The molecule has 0 radical (unpaired) electrons. The van der Waals surface area contributed by atoms with Crippen molar-refractivity contribution in [1.29, 1.82) is 0 Å². The Bertz CT molecular complexity index is 849. The number of carbonyl (C=O) groups is 4. The minimum atomic E-state index is -5.22. The molecule has 0 fully saturated rings. The van der Waals surface area contributed by atoms with Crippen LogP contribution in [0.3, 0.4) is 0 Å². The number of alkyl halides is 6. The second-order valence-electron chi connectivity index (χ2n) is 6.18. The van der Waals surface area contributed by atoms with Gasteiger partial charge in [0.05, 0.1) is 44.8 Å². The lowest BCUT2D eigenvalue weighted by Crippen LogP contribution is -2.50. The van der Waals surface area contributed by atoms with E-state index < -0.39 is 71.2 Å². The molecule has 0 aromatic heterocycles. The molecule has 1 rings (SSSR count). The number of methoxy groups -OCH3 is 3. The Kier molecular flexibility index (Phi) is 8.62. The number of hydrogen-bond acceptors (Lipinski definition) is 7. The molecule has 0 saturated heterocycles. The molecule has 0 spiro atoms. The molecule has 8 nitrogen and oxygen atoms in total. The van der Waals surface area contributed by atoms with Gasteiger partial charge in [-0.25, -0.2) is 4.79 Å². The van der Waals surface area contributed by atoms with Gasteiger partial charge < -0.3 is 19.5 Å². The Balaban J connectivity index is 3.46. The van der Waals surface area contributed by atoms with E-state index in [1.807, 2.05) is 5.32 Å². The second kappa shape index (κ2) is 10.3. The van der Waals surface area contributed by atoms with Gasteiger partial charge in [0.2, 0.25) is 0 Å². The van der Waals surface area contributed by atoms with E-state index in [0.29, 0.717) is 0 Å². The Morgan fingerprint density at radius 1 is 0.812 bits per heavy atom. The molecule has 0 unspecified atom stereocenters. The summed E-state index contributed by atoms with van der Waals surface area (Å²) in [5.74, 6) is -6.87. The maximum Gasteiger partial charge on any atom is 0.416 e. The minimum Gasteiger partial charge on any atom is -0.469 e. The van der Waals surface area contributed by atoms with Crippen molar-refractivity contribution < 1.29 is 59.7 Å². The lowest BCUT2D eigenvalue weighted by molar-refractivity contribution is -0.158. The van der Waals surface area contributed by atoms with E-state index in [1.165, 1.54) is 0 Å². The van der Waals surface area contributed by atoms with Crippen molar-refractivity contribution in [2.45, 2.75) is 24.8 Å². The molecule has 0 aliphatic carbocycles. The van der Waals surface area contributed by atoms with Crippen LogP contribution in [0, 0.1) is 5.92 Å². The van der Waals surface area contributed by atoms with Gasteiger partial charge in [-0.2, -0.15) is 26.3 Å². The lowest BCUT2D eigenvalue weighted by atomic mass is 9.95. The molecule has 178 valence electrons. The average Bonchev–Trinajstić information content (AvgIpc) is 2.72. The fraction of sp³-hybridized carbons (Fsp3) is 0.444. The molecule has 0 saturated carbocycles. The van der Waals surface area contributed by atoms with Gasteiger partial charge in [0.25, 0.3) is 5.91 Å². The summed E-state index contributed by atoms with van der Waals surface area (Å²) in [5, 5.41) is 1.83. The van der Waals surface area contributed by atoms with Crippen molar-refractivity contribution in [2.75, 3.05) is 21.3 Å². The summed E-state index contributed by atoms with van der Waals surface area (Å²) in [5.41, 5.74) is -4.65. The highest BCUT2D eigenvalue weighted by atomic mass is 19.4. The lowest BCUT2D eigenvalue weighted by Gasteiger charge is -2.24. The summed E-state index contributed by atoms with van der Waals surface area (Å²) in [6, 6.07) is -1.93. The molecule has 0 aliphatic heterocycles. The fourth-order valence-electron chi connectivity index (χ4n) is 2.51. The van der Waals surface area contributed by atoms with Gasteiger partial charge in [-0.15, -0.1) is 0 Å². The summed E-state index contributed by atoms with van der Waals surface area (Å²) in [7, 11) is 2.66. The first kappa shape index (κ1) is 26.7. The zero-order chi connectivity index (χ0) is 24.9. The quantitative estimate of drug-likeness (QED) is 0.368. The zero-order valence-electron chi connectivity index (χ0n) is 16.7. The van der Waals surface area contributed by atoms with Gasteiger partial charge in [0, 0.05) is 5.56 Å². The summed E-state index contributed by atoms with van der Waals surface area (Å²) < 4.78 is 91.4. The van der Waals surface area contributed by atoms with E-state index >= 15 is 0 Å². The predicted molar refractivity (Wildman–Crippen MR) is 91.9 cm³/mol. The SMILES string of the molecule is COC(=O)C[C@@H](C(=O)OC)[C@H](NC(=O)c1cc(C(F)(F)F)cc(C(F)(F)F)c1)C(=O)OC.